The zero-order chi connectivity index (χ0) is 25.9. The van der Waals surface area contributed by atoms with Crippen molar-refractivity contribution in [2.45, 2.75) is 63.6 Å². The minimum Gasteiger partial charge on any atom is -0.384 e. The first kappa shape index (κ1) is 23.9. The highest BCUT2D eigenvalue weighted by Gasteiger charge is 2.31. The van der Waals surface area contributed by atoms with E-state index in [4.69, 9.17) is 4.98 Å². The number of pyridine rings is 2. The highest BCUT2D eigenvalue weighted by molar-refractivity contribution is 5.82. The zero-order valence-electron chi connectivity index (χ0n) is 21.9. The van der Waals surface area contributed by atoms with Crippen LogP contribution in [0.1, 0.15) is 56.0 Å². The fraction of sp³-hybridized carbons (Fsp3) is 0.414. The smallest absolute Gasteiger partial charge is 0.276 e. The maximum Gasteiger partial charge on any atom is 0.276 e. The molecule has 8 nitrogen and oxygen atoms in total. The van der Waals surface area contributed by atoms with Crippen molar-refractivity contribution in [2.75, 3.05) is 19.4 Å². The number of nitrogens with one attached hydrogen (secondary N) is 1. The third-order valence-corrected chi connectivity index (χ3v) is 7.65. The molecular formula is C29H34N6O2. The van der Waals surface area contributed by atoms with Gasteiger partial charge in [0.25, 0.3) is 5.56 Å². The number of aliphatic hydroxyl groups is 1. The summed E-state index contributed by atoms with van der Waals surface area (Å²) >= 11 is 0. The second-order valence-corrected chi connectivity index (χ2v) is 11.2. The number of hydrogen-bond donors (Lipinski definition) is 2. The minimum atomic E-state index is -1.09. The molecule has 8 heteroatoms. The van der Waals surface area contributed by atoms with Gasteiger partial charge in [-0.1, -0.05) is 12.1 Å². The lowest BCUT2D eigenvalue weighted by Crippen LogP contribution is -2.33. The van der Waals surface area contributed by atoms with Gasteiger partial charge in [-0.05, 0) is 95.4 Å². The van der Waals surface area contributed by atoms with Gasteiger partial charge in [-0.25, -0.2) is 19.3 Å². The highest BCUT2D eigenvalue weighted by atomic mass is 16.3. The first-order chi connectivity index (χ1) is 17.7. The lowest BCUT2D eigenvalue weighted by atomic mass is 9.87. The average Bonchev–Trinajstić information content (AvgIpc) is 3.67. The molecule has 0 aliphatic heterocycles. The van der Waals surface area contributed by atoms with Crippen molar-refractivity contribution in [2.24, 2.45) is 0 Å². The monoisotopic (exact) mass is 498 g/mol. The predicted octanol–water partition coefficient (Wildman–Crippen LogP) is 4.31. The Morgan fingerprint density at radius 2 is 1.89 bits per heavy atom. The Morgan fingerprint density at radius 3 is 2.62 bits per heavy atom. The fourth-order valence-electron chi connectivity index (χ4n) is 5.35. The fourth-order valence-corrected chi connectivity index (χ4v) is 5.35. The van der Waals surface area contributed by atoms with Crippen LogP contribution in [-0.2, 0) is 18.4 Å². The number of anilines is 2. The zero-order valence-corrected chi connectivity index (χ0v) is 21.9. The molecule has 1 aromatic carbocycles. The van der Waals surface area contributed by atoms with Crippen LogP contribution in [0.25, 0.3) is 16.7 Å². The molecule has 2 aliphatic rings. The van der Waals surface area contributed by atoms with Gasteiger partial charge in [0.1, 0.15) is 11.4 Å². The Labute approximate surface area is 216 Å². The van der Waals surface area contributed by atoms with Crippen molar-refractivity contribution in [1.29, 1.82) is 0 Å². The molecule has 2 N–H and O–H groups in total. The van der Waals surface area contributed by atoms with Crippen molar-refractivity contribution in [1.82, 2.24) is 24.2 Å². The van der Waals surface area contributed by atoms with Crippen LogP contribution in [0, 0.1) is 0 Å². The second kappa shape index (κ2) is 8.82. The van der Waals surface area contributed by atoms with E-state index in [1.54, 1.807) is 30.8 Å². The molecule has 0 saturated heterocycles. The quantitative estimate of drug-likeness (QED) is 0.412. The topological polar surface area (TPSA) is 88.2 Å². The van der Waals surface area contributed by atoms with Crippen LogP contribution in [0.15, 0.2) is 53.5 Å². The highest BCUT2D eigenvalue weighted by Crippen LogP contribution is 2.36. The molecule has 6 rings (SSSR count). The van der Waals surface area contributed by atoms with E-state index < -0.39 is 5.60 Å². The molecule has 4 aromatic rings. The average molecular weight is 499 g/mol. The van der Waals surface area contributed by atoms with Gasteiger partial charge in [-0.3, -0.25) is 4.79 Å². The first-order valence-electron chi connectivity index (χ1n) is 13.1. The summed E-state index contributed by atoms with van der Waals surface area (Å²) in [6, 6.07) is 14.8. The maximum absolute atomic E-state index is 13.4. The first-order valence-corrected chi connectivity index (χ1v) is 13.1. The number of nitrogens with zero attached hydrogens (tertiary/aromatic N) is 5. The number of fused-ring (bicyclic) bond motifs is 2. The molecule has 0 spiro atoms. The van der Waals surface area contributed by atoms with E-state index in [9.17, 15) is 9.90 Å². The Bertz CT molecular complexity index is 1540. The van der Waals surface area contributed by atoms with Crippen LogP contribution in [0.2, 0.25) is 0 Å². The molecular weight excluding hydrogens is 464 g/mol. The van der Waals surface area contributed by atoms with Crippen LogP contribution in [0.4, 0.5) is 11.5 Å². The van der Waals surface area contributed by atoms with Gasteiger partial charge in [0, 0.05) is 24.0 Å². The number of aromatic nitrogens is 4. The van der Waals surface area contributed by atoms with E-state index in [1.807, 2.05) is 22.9 Å². The molecule has 192 valence electrons. The molecule has 3 heterocycles. The molecule has 1 unspecified atom stereocenters. The summed E-state index contributed by atoms with van der Waals surface area (Å²) in [5.41, 5.74) is 3.95. The van der Waals surface area contributed by atoms with Crippen molar-refractivity contribution < 1.29 is 5.11 Å². The molecule has 0 bridgehead atoms. The standard InChI is InChI=1S/C29H34N6O2/c1-29(2,37)25-6-5-7-27(32-25)35-24-16-26(30-17-23(24)28(36)34(35)21-12-13-21)31-20-10-8-19-15-22(33(3)4)11-9-18(19)14-20/h5-8,10,14,16-17,21-22,37H,9,11-13,15H2,1-4H3,(H,30,31). The molecule has 0 radical (unpaired) electrons. The van der Waals surface area contributed by atoms with Gasteiger partial charge in [0.15, 0.2) is 5.82 Å². The molecule has 37 heavy (non-hydrogen) atoms. The SMILES string of the molecule is CN(C)C1CCc2cc(Nc3cc4c(cn3)c(=O)n(C3CC3)n4-c3cccc(C(C)(C)O)n3)ccc2C1. The van der Waals surface area contributed by atoms with Crippen molar-refractivity contribution in [3.05, 3.63) is 75.8 Å². The van der Waals surface area contributed by atoms with Crippen molar-refractivity contribution >= 4 is 22.4 Å². The van der Waals surface area contributed by atoms with E-state index in [2.05, 4.69) is 47.5 Å². The number of benzene rings is 1. The summed E-state index contributed by atoms with van der Waals surface area (Å²) in [6.45, 7) is 3.43. The summed E-state index contributed by atoms with van der Waals surface area (Å²) in [5, 5.41) is 14.6. The van der Waals surface area contributed by atoms with E-state index in [-0.39, 0.29) is 11.6 Å². The molecule has 0 amide bonds. The summed E-state index contributed by atoms with van der Waals surface area (Å²) in [4.78, 5) is 25.0. The molecule has 1 fully saturated rings. The number of hydrogen-bond acceptors (Lipinski definition) is 6. The summed E-state index contributed by atoms with van der Waals surface area (Å²) < 4.78 is 3.69. The van der Waals surface area contributed by atoms with Gasteiger partial charge in [-0.15, -0.1) is 0 Å². The van der Waals surface area contributed by atoms with Gasteiger partial charge in [0.05, 0.1) is 22.6 Å². The molecule has 3 aromatic heterocycles. The van der Waals surface area contributed by atoms with Crippen LogP contribution >= 0.6 is 0 Å². The van der Waals surface area contributed by atoms with Crippen LogP contribution in [0.5, 0.6) is 0 Å². The number of aryl methyl sites for hydroxylation is 1. The molecule has 1 saturated carbocycles. The van der Waals surface area contributed by atoms with E-state index in [0.29, 0.717) is 28.8 Å². The van der Waals surface area contributed by atoms with E-state index in [1.165, 1.54) is 11.1 Å². The van der Waals surface area contributed by atoms with Gasteiger partial charge < -0.3 is 15.3 Å². The third kappa shape index (κ3) is 4.45. The van der Waals surface area contributed by atoms with Gasteiger partial charge in [-0.2, -0.15) is 0 Å². The van der Waals surface area contributed by atoms with Crippen LogP contribution < -0.4 is 10.9 Å². The minimum absolute atomic E-state index is 0.0590. The van der Waals surface area contributed by atoms with E-state index >= 15 is 0 Å². The third-order valence-electron chi connectivity index (χ3n) is 7.65. The van der Waals surface area contributed by atoms with Gasteiger partial charge in [0.2, 0.25) is 0 Å². The van der Waals surface area contributed by atoms with Crippen LogP contribution in [0.3, 0.4) is 0 Å². The number of likely N-dealkylation sites (N-methyl/N-ethyl adjacent to an activating group) is 1. The number of rotatable bonds is 6. The Hall–Kier alpha value is -3.49. The maximum atomic E-state index is 13.4. The Morgan fingerprint density at radius 1 is 1.08 bits per heavy atom. The van der Waals surface area contributed by atoms with Gasteiger partial charge >= 0.3 is 0 Å². The van der Waals surface area contributed by atoms with Crippen molar-refractivity contribution in [3.8, 4) is 5.82 Å². The summed E-state index contributed by atoms with van der Waals surface area (Å²) in [7, 11) is 4.31. The summed E-state index contributed by atoms with van der Waals surface area (Å²) in [5.74, 6) is 1.29. The summed E-state index contributed by atoms with van der Waals surface area (Å²) in [6.07, 6.45) is 6.88. The van der Waals surface area contributed by atoms with E-state index in [0.717, 1.165) is 43.3 Å². The Kier molecular flexibility index (Phi) is 5.69. The predicted molar refractivity (Wildman–Crippen MR) is 146 cm³/mol. The molecule has 1 atom stereocenters. The normalized spacial score (nSPS) is 17.8. The molecule has 2 aliphatic carbocycles. The Balaban J connectivity index is 1.39. The second-order valence-electron chi connectivity index (χ2n) is 11.2. The van der Waals surface area contributed by atoms with Crippen molar-refractivity contribution in [3.63, 3.8) is 0 Å². The largest absolute Gasteiger partial charge is 0.384 e. The van der Waals surface area contributed by atoms with Crippen LogP contribution in [-0.4, -0.2) is 49.5 Å². The lowest BCUT2D eigenvalue weighted by Gasteiger charge is -2.30. The lowest BCUT2D eigenvalue weighted by molar-refractivity contribution is 0.0738.